The van der Waals surface area contributed by atoms with Crippen molar-refractivity contribution >= 4 is 49.0 Å². The topological polar surface area (TPSA) is 8.29 Å². The first-order chi connectivity index (χ1) is 14.0. The molecular formula is C27H25N2+. The molecule has 6 rings (SSSR count). The summed E-state index contributed by atoms with van der Waals surface area (Å²) in [7, 11) is 2.17. The van der Waals surface area contributed by atoms with E-state index in [2.05, 4.69) is 98.4 Å². The monoisotopic (exact) mass is 377 g/mol. The summed E-state index contributed by atoms with van der Waals surface area (Å²) in [5.41, 5.74) is 9.43. The zero-order valence-corrected chi connectivity index (χ0v) is 17.7. The molecule has 2 heteroatoms. The van der Waals surface area contributed by atoms with Crippen molar-refractivity contribution in [3.63, 3.8) is 0 Å². The number of hydrogen-bond acceptors (Lipinski definition) is 0. The van der Waals surface area contributed by atoms with E-state index in [4.69, 9.17) is 0 Å². The number of pyridine rings is 2. The second kappa shape index (κ2) is 5.48. The van der Waals surface area contributed by atoms with Gasteiger partial charge < -0.3 is 4.40 Å². The van der Waals surface area contributed by atoms with Gasteiger partial charge in [-0.05, 0) is 66.1 Å². The minimum absolute atomic E-state index is 0.521. The number of hydrogen-bond donors (Lipinski definition) is 0. The summed E-state index contributed by atoms with van der Waals surface area (Å²) in [5, 5.41) is 6.77. The Balaban J connectivity index is 2.06. The highest BCUT2D eigenvalue weighted by atomic mass is 15.0. The van der Waals surface area contributed by atoms with Crippen LogP contribution in [0.3, 0.4) is 0 Å². The lowest BCUT2D eigenvalue weighted by molar-refractivity contribution is -0.643. The van der Waals surface area contributed by atoms with E-state index in [0.29, 0.717) is 5.92 Å². The maximum atomic E-state index is 2.51. The summed E-state index contributed by atoms with van der Waals surface area (Å²) in [6.45, 7) is 9.07. The Kier molecular flexibility index (Phi) is 3.17. The molecule has 0 atom stereocenters. The molecule has 2 nitrogen and oxygen atoms in total. The first kappa shape index (κ1) is 16.8. The van der Waals surface area contributed by atoms with Crippen LogP contribution in [0.1, 0.15) is 36.5 Å². The van der Waals surface area contributed by atoms with Crippen molar-refractivity contribution in [2.24, 2.45) is 7.05 Å². The average Bonchev–Trinajstić information content (AvgIpc) is 3.03. The Morgan fingerprint density at radius 3 is 2.48 bits per heavy atom. The third-order valence-electron chi connectivity index (χ3n) is 6.88. The average molecular weight is 378 g/mol. The molecule has 0 amide bonds. The maximum absolute atomic E-state index is 2.51. The highest BCUT2D eigenvalue weighted by molar-refractivity contribution is 6.26. The van der Waals surface area contributed by atoms with Gasteiger partial charge in [-0.25, -0.2) is 4.57 Å². The third-order valence-corrected chi connectivity index (χ3v) is 6.88. The third kappa shape index (κ3) is 1.99. The van der Waals surface area contributed by atoms with Crippen LogP contribution in [0.4, 0.5) is 0 Å². The molecule has 142 valence electrons. The standard InChI is InChI=1S/C27H25N2/c1-15(2)19-9-10-22-20(14-19)21-13-16(3)17(4)24-26(21)29(22)23-8-6-7-18-11-12-28(5)27(24)25(18)23/h6-15H,1-5H3/q+1. The fourth-order valence-electron chi connectivity index (χ4n) is 5.21. The first-order valence-electron chi connectivity index (χ1n) is 10.5. The molecule has 0 fully saturated rings. The number of rotatable bonds is 1. The lowest BCUT2D eigenvalue weighted by atomic mass is 9.96. The van der Waals surface area contributed by atoms with E-state index in [0.717, 1.165) is 0 Å². The van der Waals surface area contributed by atoms with E-state index >= 15 is 0 Å². The number of aryl methyl sites for hydroxylation is 3. The van der Waals surface area contributed by atoms with Crippen LogP contribution in [0, 0.1) is 13.8 Å². The van der Waals surface area contributed by atoms with Crippen LogP contribution in [-0.4, -0.2) is 4.40 Å². The number of fused-ring (bicyclic) bond motifs is 5. The minimum Gasteiger partial charge on any atom is -0.307 e. The van der Waals surface area contributed by atoms with Gasteiger partial charge in [-0.2, -0.15) is 0 Å². The van der Waals surface area contributed by atoms with Gasteiger partial charge in [0.05, 0.1) is 27.3 Å². The minimum atomic E-state index is 0.521. The van der Waals surface area contributed by atoms with Crippen molar-refractivity contribution in [2.45, 2.75) is 33.6 Å². The van der Waals surface area contributed by atoms with Crippen LogP contribution < -0.4 is 4.57 Å². The largest absolute Gasteiger partial charge is 0.307 e. The van der Waals surface area contributed by atoms with Gasteiger partial charge in [0.25, 0.3) is 0 Å². The summed E-state index contributed by atoms with van der Waals surface area (Å²) in [4.78, 5) is 0. The fourth-order valence-corrected chi connectivity index (χ4v) is 5.21. The number of aromatic nitrogens is 2. The van der Waals surface area contributed by atoms with Crippen molar-refractivity contribution in [1.82, 2.24) is 4.40 Å². The van der Waals surface area contributed by atoms with Gasteiger partial charge in [-0.15, -0.1) is 0 Å². The van der Waals surface area contributed by atoms with Gasteiger partial charge >= 0.3 is 0 Å². The van der Waals surface area contributed by atoms with Crippen LogP contribution in [0.5, 0.6) is 0 Å². The molecule has 0 radical (unpaired) electrons. The Morgan fingerprint density at radius 2 is 1.69 bits per heavy atom. The van der Waals surface area contributed by atoms with Gasteiger partial charge in [0.15, 0.2) is 6.20 Å². The fraction of sp³-hybridized carbons (Fsp3) is 0.222. The van der Waals surface area contributed by atoms with E-state index in [1.165, 1.54) is 65.7 Å². The van der Waals surface area contributed by atoms with E-state index in [9.17, 15) is 0 Å². The molecule has 0 aliphatic carbocycles. The molecule has 0 aliphatic heterocycles. The molecule has 0 saturated heterocycles. The maximum Gasteiger partial charge on any atom is 0.224 e. The predicted octanol–water partition coefficient (Wildman–Crippen LogP) is 6.55. The van der Waals surface area contributed by atoms with Crippen LogP contribution >= 0.6 is 0 Å². The molecule has 0 bridgehead atoms. The number of benzene rings is 3. The van der Waals surface area contributed by atoms with Crippen molar-refractivity contribution in [2.75, 3.05) is 0 Å². The molecule has 6 aromatic rings. The van der Waals surface area contributed by atoms with Gasteiger partial charge in [-0.1, -0.05) is 32.0 Å². The molecule has 0 saturated carbocycles. The second-order valence-electron chi connectivity index (χ2n) is 8.87. The Hall–Kier alpha value is -3.13. The van der Waals surface area contributed by atoms with Crippen LogP contribution in [0.25, 0.3) is 49.0 Å². The van der Waals surface area contributed by atoms with Gasteiger partial charge in [0, 0.05) is 16.8 Å². The first-order valence-corrected chi connectivity index (χ1v) is 10.5. The SMILES string of the molecule is Cc1cc2c3cc(C(C)C)ccc3n3c4cccc5cc[n+](C)c(c(c1C)c23)c54. The Bertz CT molecular complexity index is 1600. The Labute approximate surface area is 170 Å². The van der Waals surface area contributed by atoms with Gasteiger partial charge in [-0.3, -0.25) is 0 Å². The highest BCUT2D eigenvalue weighted by Crippen LogP contribution is 2.42. The van der Waals surface area contributed by atoms with E-state index in [1.807, 2.05) is 0 Å². The van der Waals surface area contributed by atoms with E-state index < -0.39 is 0 Å². The molecule has 0 N–H and O–H groups in total. The molecule has 29 heavy (non-hydrogen) atoms. The molecule has 3 aromatic heterocycles. The van der Waals surface area contributed by atoms with Crippen molar-refractivity contribution < 1.29 is 4.57 Å². The highest BCUT2D eigenvalue weighted by Gasteiger charge is 2.24. The number of nitrogens with zero attached hydrogens (tertiary/aromatic N) is 2. The normalized spacial score (nSPS) is 12.6. The van der Waals surface area contributed by atoms with Crippen molar-refractivity contribution in [3.8, 4) is 0 Å². The van der Waals surface area contributed by atoms with Gasteiger partial charge in [0.1, 0.15) is 7.05 Å². The van der Waals surface area contributed by atoms with E-state index in [1.54, 1.807) is 0 Å². The van der Waals surface area contributed by atoms with Crippen LogP contribution in [0.2, 0.25) is 0 Å². The lowest BCUT2D eigenvalue weighted by Crippen LogP contribution is -2.29. The zero-order valence-electron chi connectivity index (χ0n) is 17.7. The molecule has 0 unspecified atom stereocenters. The molecular weight excluding hydrogens is 352 g/mol. The lowest BCUT2D eigenvalue weighted by Gasteiger charge is -2.13. The summed E-state index contributed by atoms with van der Waals surface area (Å²) >= 11 is 0. The summed E-state index contributed by atoms with van der Waals surface area (Å²) in [6, 6.07) is 18.4. The van der Waals surface area contributed by atoms with Crippen LogP contribution in [-0.2, 0) is 7.05 Å². The van der Waals surface area contributed by atoms with E-state index in [-0.39, 0.29) is 0 Å². The van der Waals surface area contributed by atoms with Crippen molar-refractivity contribution in [1.29, 1.82) is 0 Å². The van der Waals surface area contributed by atoms with Gasteiger partial charge in [0.2, 0.25) is 5.52 Å². The summed E-state index contributed by atoms with van der Waals surface area (Å²) in [5.74, 6) is 0.521. The molecule has 3 heterocycles. The quantitative estimate of drug-likeness (QED) is 0.174. The molecule has 0 aliphatic rings. The Morgan fingerprint density at radius 1 is 0.862 bits per heavy atom. The summed E-state index contributed by atoms with van der Waals surface area (Å²) in [6.07, 6.45) is 2.20. The zero-order chi connectivity index (χ0) is 20.0. The molecule has 3 aromatic carbocycles. The second-order valence-corrected chi connectivity index (χ2v) is 8.87. The summed E-state index contributed by atoms with van der Waals surface area (Å²) < 4.78 is 4.81. The predicted molar refractivity (Wildman–Crippen MR) is 123 cm³/mol. The van der Waals surface area contributed by atoms with Crippen molar-refractivity contribution in [3.05, 3.63) is 71.4 Å². The molecule has 0 spiro atoms. The smallest absolute Gasteiger partial charge is 0.224 e. The van der Waals surface area contributed by atoms with Crippen LogP contribution in [0.15, 0.2) is 54.7 Å².